The molecule has 0 amide bonds. The van der Waals surface area contributed by atoms with Crippen LogP contribution in [-0.4, -0.2) is 13.2 Å². The molecular formula is C31H42O. The summed E-state index contributed by atoms with van der Waals surface area (Å²) in [4.78, 5) is 0. The van der Waals surface area contributed by atoms with Crippen molar-refractivity contribution in [2.45, 2.75) is 78.1 Å². The van der Waals surface area contributed by atoms with Crippen molar-refractivity contribution in [3.8, 4) is 11.8 Å². The Morgan fingerprint density at radius 2 is 1.78 bits per heavy atom. The third kappa shape index (κ3) is 3.48. The molecule has 0 heterocycles. The Morgan fingerprint density at radius 1 is 0.938 bits per heavy atom. The molecule has 1 nitrogen and oxygen atoms in total. The summed E-state index contributed by atoms with van der Waals surface area (Å²) in [6, 6.07) is 8.88. The normalized spacial score (nSPS) is 44.4. The molecule has 0 bridgehead atoms. The second-order valence-electron chi connectivity index (χ2n) is 12.2. The molecule has 172 valence electrons. The summed E-state index contributed by atoms with van der Waals surface area (Å²) in [5.41, 5.74) is 3.32. The minimum atomic E-state index is 0.534. The van der Waals surface area contributed by atoms with Gasteiger partial charge in [0.15, 0.2) is 0 Å². The van der Waals surface area contributed by atoms with Gasteiger partial charge in [-0.3, -0.25) is 0 Å². The van der Waals surface area contributed by atoms with E-state index in [0.29, 0.717) is 11.3 Å². The molecule has 3 unspecified atom stereocenters. The van der Waals surface area contributed by atoms with Gasteiger partial charge in [-0.2, -0.15) is 0 Å². The van der Waals surface area contributed by atoms with Crippen molar-refractivity contribution < 1.29 is 4.74 Å². The number of hydrogen-bond donors (Lipinski definition) is 0. The Kier molecular flexibility index (Phi) is 5.66. The van der Waals surface area contributed by atoms with Gasteiger partial charge in [-0.1, -0.05) is 37.0 Å². The maximum absolute atomic E-state index is 5.81. The molecule has 5 aliphatic rings. The van der Waals surface area contributed by atoms with E-state index in [1.54, 1.807) is 0 Å². The molecule has 0 saturated heterocycles. The number of rotatable bonds is 4. The molecule has 1 aromatic carbocycles. The zero-order valence-electron chi connectivity index (χ0n) is 20.3. The van der Waals surface area contributed by atoms with Gasteiger partial charge in [0, 0.05) is 24.7 Å². The molecule has 6 rings (SSSR count). The fraction of sp³-hybridized carbons (Fsp3) is 0.742. The van der Waals surface area contributed by atoms with Crippen LogP contribution < -0.4 is 0 Å². The average molecular weight is 431 g/mol. The molecule has 0 aliphatic heterocycles. The SMILES string of the molecule is CCOC[C@H]1CC[C@@H]2C3CC[C@@]4(C)C(CCC4[C@@H]4C#Cc5ccccc5C4)[C@@H]3CC[C@@H]2C1. The molecule has 4 saturated carbocycles. The van der Waals surface area contributed by atoms with Gasteiger partial charge in [0.05, 0.1) is 0 Å². The molecule has 32 heavy (non-hydrogen) atoms. The first-order chi connectivity index (χ1) is 15.7. The van der Waals surface area contributed by atoms with E-state index in [0.717, 1.165) is 54.6 Å². The average Bonchev–Trinajstić information content (AvgIpc) is 3.19. The standard InChI is InChI=1S/C31H42O/c1-3-32-20-21-8-12-26-24(18-21)11-13-28-27(26)16-17-31(2)29(14-15-30(28)31)25-10-9-22-6-4-5-7-23(22)19-25/h4-7,21,24-30H,3,8,11-20H2,1-2H3/t21-,24+,25+,26-,27?,28+,29?,30?,31+/m0/s1. The molecule has 5 aliphatic carbocycles. The highest BCUT2D eigenvalue weighted by Gasteiger charge is 2.58. The number of fused-ring (bicyclic) bond motifs is 6. The summed E-state index contributed by atoms with van der Waals surface area (Å²) >= 11 is 0. The highest BCUT2D eigenvalue weighted by molar-refractivity contribution is 5.45. The first kappa shape index (κ1) is 21.3. The fourth-order valence-electron chi connectivity index (χ4n) is 9.61. The van der Waals surface area contributed by atoms with E-state index in [-0.39, 0.29) is 0 Å². The lowest BCUT2D eigenvalue weighted by atomic mass is 9.48. The van der Waals surface area contributed by atoms with Gasteiger partial charge in [-0.25, -0.2) is 0 Å². The van der Waals surface area contributed by atoms with E-state index in [1.807, 2.05) is 0 Å². The smallest absolute Gasteiger partial charge is 0.0494 e. The minimum absolute atomic E-state index is 0.534. The molecule has 4 fully saturated rings. The number of hydrogen-bond acceptors (Lipinski definition) is 1. The van der Waals surface area contributed by atoms with Gasteiger partial charge >= 0.3 is 0 Å². The first-order valence-electron chi connectivity index (χ1n) is 13.8. The van der Waals surface area contributed by atoms with E-state index in [2.05, 4.69) is 50.0 Å². The van der Waals surface area contributed by atoms with Crippen LogP contribution in [0.2, 0.25) is 0 Å². The zero-order chi connectivity index (χ0) is 21.7. The van der Waals surface area contributed by atoms with Gasteiger partial charge in [-0.15, -0.1) is 0 Å². The third-order valence-electron chi connectivity index (χ3n) is 11.0. The Morgan fingerprint density at radius 3 is 2.69 bits per heavy atom. The van der Waals surface area contributed by atoms with Crippen molar-refractivity contribution in [1.29, 1.82) is 0 Å². The van der Waals surface area contributed by atoms with Crippen LogP contribution in [0.5, 0.6) is 0 Å². The number of ether oxygens (including phenoxy) is 1. The van der Waals surface area contributed by atoms with Crippen LogP contribution in [0.15, 0.2) is 24.3 Å². The molecule has 9 atom stereocenters. The minimum Gasteiger partial charge on any atom is -0.381 e. The molecule has 0 radical (unpaired) electrons. The number of benzene rings is 1. The Balaban J connectivity index is 1.17. The van der Waals surface area contributed by atoms with Crippen LogP contribution in [0.3, 0.4) is 0 Å². The highest BCUT2D eigenvalue weighted by atomic mass is 16.5. The molecular weight excluding hydrogens is 388 g/mol. The summed E-state index contributed by atoms with van der Waals surface area (Å²) in [7, 11) is 0. The summed E-state index contributed by atoms with van der Waals surface area (Å²) in [5, 5.41) is 0. The van der Waals surface area contributed by atoms with Crippen molar-refractivity contribution in [3.63, 3.8) is 0 Å². The van der Waals surface area contributed by atoms with Crippen LogP contribution in [0.4, 0.5) is 0 Å². The van der Waals surface area contributed by atoms with Crippen LogP contribution in [0.1, 0.15) is 82.8 Å². The van der Waals surface area contributed by atoms with Gasteiger partial charge in [-0.05, 0) is 130 Å². The van der Waals surface area contributed by atoms with E-state index >= 15 is 0 Å². The maximum Gasteiger partial charge on any atom is 0.0494 e. The van der Waals surface area contributed by atoms with Crippen molar-refractivity contribution in [2.24, 2.45) is 52.8 Å². The fourth-order valence-corrected chi connectivity index (χ4v) is 9.61. The van der Waals surface area contributed by atoms with Crippen molar-refractivity contribution in [2.75, 3.05) is 13.2 Å². The van der Waals surface area contributed by atoms with Crippen LogP contribution in [0.25, 0.3) is 0 Å². The van der Waals surface area contributed by atoms with Crippen molar-refractivity contribution >= 4 is 0 Å². The summed E-state index contributed by atoms with van der Waals surface area (Å²) in [6.45, 7) is 6.73. The second kappa shape index (κ2) is 8.51. The molecule has 0 N–H and O–H groups in total. The van der Waals surface area contributed by atoms with E-state index in [9.17, 15) is 0 Å². The van der Waals surface area contributed by atoms with Crippen LogP contribution in [-0.2, 0) is 11.2 Å². The third-order valence-corrected chi connectivity index (χ3v) is 11.0. The van der Waals surface area contributed by atoms with E-state index in [4.69, 9.17) is 4.74 Å². The molecule has 1 heteroatoms. The van der Waals surface area contributed by atoms with Gasteiger partial charge in [0.2, 0.25) is 0 Å². The van der Waals surface area contributed by atoms with Gasteiger partial charge in [0.1, 0.15) is 0 Å². The Bertz CT molecular complexity index is 891. The Hall–Kier alpha value is -1.26. The van der Waals surface area contributed by atoms with Crippen LogP contribution >= 0.6 is 0 Å². The Labute approximate surface area is 196 Å². The molecule has 1 aromatic rings. The van der Waals surface area contributed by atoms with E-state index in [1.165, 1.54) is 75.3 Å². The summed E-state index contributed by atoms with van der Waals surface area (Å²) < 4.78 is 5.81. The van der Waals surface area contributed by atoms with Gasteiger partial charge in [0.25, 0.3) is 0 Å². The molecule has 0 spiro atoms. The predicted molar refractivity (Wildman–Crippen MR) is 131 cm³/mol. The predicted octanol–water partition coefficient (Wildman–Crippen LogP) is 7.13. The quantitative estimate of drug-likeness (QED) is 0.462. The highest BCUT2D eigenvalue weighted by Crippen LogP contribution is 2.65. The lowest BCUT2D eigenvalue weighted by Gasteiger charge is -2.56. The van der Waals surface area contributed by atoms with Crippen LogP contribution in [0, 0.1) is 64.6 Å². The van der Waals surface area contributed by atoms with Crippen molar-refractivity contribution in [1.82, 2.24) is 0 Å². The molecule has 0 aromatic heterocycles. The summed E-state index contributed by atoms with van der Waals surface area (Å²) in [6.07, 6.45) is 14.4. The second-order valence-corrected chi connectivity index (χ2v) is 12.2. The topological polar surface area (TPSA) is 9.23 Å². The van der Waals surface area contributed by atoms with Crippen molar-refractivity contribution in [3.05, 3.63) is 35.4 Å². The lowest BCUT2D eigenvalue weighted by molar-refractivity contribution is -0.0762. The maximum atomic E-state index is 5.81. The van der Waals surface area contributed by atoms with Gasteiger partial charge < -0.3 is 4.74 Å². The zero-order valence-corrected chi connectivity index (χ0v) is 20.3. The van der Waals surface area contributed by atoms with E-state index < -0.39 is 0 Å². The largest absolute Gasteiger partial charge is 0.381 e. The summed E-state index contributed by atoms with van der Waals surface area (Å²) in [5.74, 6) is 14.6. The monoisotopic (exact) mass is 430 g/mol. The lowest BCUT2D eigenvalue weighted by Crippen LogP contribution is -2.49. The first-order valence-corrected chi connectivity index (χ1v) is 13.8.